The summed E-state index contributed by atoms with van der Waals surface area (Å²) in [6.45, 7) is 5.94. The van der Waals surface area contributed by atoms with Gasteiger partial charge in [0.1, 0.15) is 23.7 Å². The van der Waals surface area contributed by atoms with Crippen LogP contribution < -0.4 is 0 Å². The van der Waals surface area contributed by atoms with E-state index in [2.05, 4.69) is 10.0 Å². The molecule has 0 aliphatic carbocycles. The van der Waals surface area contributed by atoms with E-state index in [-0.39, 0.29) is 13.0 Å². The summed E-state index contributed by atoms with van der Waals surface area (Å²) in [5.41, 5.74) is 8.14. The molecule has 0 spiro atoms. The van der Waals surface area contributed by atoms with E-state index in [1.165, 1.54) is 14.7 Å². The van der Waals surface area contributed by atoms with Crippen LogP contribution in [0.15, 0.2) is 5.11 Å². The summed E-state index contributed by atoms with van der Waals surface area (Å²) in [5.74, 6) is -1.95. The Hall–Kier alpha value is -3.01. The summed E-state index contributed by atoms with van der Waals surface area (Å²) in [7, 11) is 0. The molecule has 32 heavy (non-hydrogen) atoms. The highest BCUT2D eigenvalue weighted by atomic mass is 16.6. The quantitative estimate of drug-likeness (QED) is 0.390. The van der Waals surface area contributed by atoms with Gasteiger partial charge in [-0.2, -0.15) is 0 Å². The van der Waals surface area contributed by atoms with E-state index in [4.69, 9.17) is 10.3 Å². The van der Waals surface area contributed by atoms with Gasteiger partial charge in [-0.25, -0.2) is 9.59 Å². The highest BCUT2D eigenvalue weighted by Gasteiger charge is 2.48. The van der Waals surface area contributed by atoms with Crippen LogP contribution in [0.5, 0.6) is 0 Å². The second-order valence-electron chi connectivity index (χ2n) is 9.46. The third-order valence-corrected chi connectivity index (χ3v) is 6.05. The molecule has 176 valence electrons. The van der Waals surface area contributed by atoms with Crippen molar-refractivity contribution >= 4 is 23.9 Å². The van der Waals surface area contributed by atoms with Crippen molar-refractivity contribution in [3.8, 4) is 0 Å². The van der Waals surface area contributed by atoms with Crippen LogP contribution in [0, 0.1) is 0 Å². The van der Waals surface area contributed by atoms with Gasteiger partial charge in [0.25, 0.3) is 0 Å². The Labute approximate surface area is 186 Å². The Morgan fingerprint density at radius 1 is 0.969 bits per heavy atom. The number of amides is 3. The lowest BCUT2D eigenvalue weighted by Crippen LogP contribution is -2.55. The van der Waals surface area contributed by atoms with Crippen molar-refractivity contribution in [3.05, 3.63) is 10.4 Å². The van der Waals surface area contributed by atoms with Crippen molar-refractivity contribution in [2.45, 2.75) is 82.6 Å². The number of aliphatic carboxylic acids is 1. The van der Waals surface area contributed by atoms with Crippen LogP contribution in [0.2, 0.25) is 0 Å². The van der Waals surface area contributed by atoms with Crippen LogP contribution in [0.4, 0.5) is 4.79 Å². The molecule has 3 saturated heterocycles. The van der Waals surface area contributed by atoms with Gasteiger partial charge in [-0.05, 0) is 58.4 Å². The summed E-state index contributed by atoms with van der Waals surface area (Å²) < 4.78 is 5.43. The van der Waals surface area contributed by atoms with Gasteiger partial charge in [0, 0.05) is 24.5 Å². The summed E-state index contributed by atoms with van der Waals surface area (Å²) in [4.78, 5) is 57.8. The molecule has 3 rings (SSSR count). The Kier molecular flexibility index (Phi) is 6.82. The molecular weight excluding hydrogens is 420 g/mol. The fourth-order valence-electron chi connectivity index (χ4n) is 4.68. The highest BCUT2D eigenvalue weighted by Crippen LogP contribution is 2.30. The molecule has 3 amide bonds. The SMILES string of the molecule is CC(C)(C)OC(=O)N1CCC[C@H]1C(=O)N1C[C@@H](N=[N+]=[N-])C[C@H]1C(=O)N1CCC[C@H]1C(=O)O. The molecule has 0 aromatic rings. The normalized spacial score (nSPS) is 27.9. The van der Waals surface area contributed by atoms with Crippen molar-refractivity contribution in [1.29, 1.82) is 0 Å². The molecule has 3 heterocycles. The molecule has 12 nitrogen and oxygen atoms in total. The van der Waals surface area contributed by atoms with Crippen LogP contribution >= 0.6 is 0 Å². The first-order valence-electron chi connectivity index (χ1n) is 10.9. The smallest absolute Gasteiger partial charge is 0.410 e. The lowest BCUT2D eigenvalue weighted by Gasteiger charge is -2.34. The number of carbonyl (C=O) groups is 4. The number of carboxylic acids is 1. The van der Waals surface area contributed by atoms with Crippen LogP contribution in [0.3, 0.4) is 0 Å². The van der Waals surface area contributed by atoms with Gasteiger partial charge in [-0.15, -0.1) is 0 Å². The standard InChI is InChI=1S/C20H30N6O6/c1-20(2,3)32-19(31)25-9-4-6-13(25)16(27)26-11-12(22-23-21)10-15(26)17(28)24-8-5-7-14(24)18(29)30/h12-15H,4-11H2,1-3H3,(H,29,30)/t12-,13-,14-,15-/m0/s1. The topological polar surface area (TPSA) is 156 Å². The number of azide groups is 1. The van der Waals surface area contributed by atoms with Crippen LogP contribution in [-0.2, 0) is 19.1 Å². The molecule has 0 aromatic carbocycles. The van der Waals surface area contributed by atoms with E-state index in [0.29, 0.717) is 38.8 Å². The summed E-state index contributed by atoms with van der Waals surface area (Å²) in [6.07, 6.45) is 1.51. The molecule has 3 fully saturated rings. The van der Waals surface area contributed by atoms with Gasteiger partial charge < -0.3 is 19.6 Å². The third kappa shape index (κ3) is 4.90. The Morgan fingerprint density at radius 2 is 1.56 bits per heavy atom. The third-order valence-electron chi connectivity index (χ3n) is 6.05. The molecule has 3 aliphatic heterocycles. The van der Waals surface area contributed by atoms with E-state index >= 15 is 0 Å². The van der Waals surface area contributed by atoms with Crippen molar-refractivity contribution < 1.29 is 29.0 Å². The lowest BCUT2D eigenvalue weighted by atomic mass is 10.1. The molecule has 1 N–H and O–H groups in total. The average Bonchev–Trinajstić information content (AvgIpc) is 3.44. The van der Waals surface area contributed by atoms with Gasteiger partial charge in [-0.1, -0.05) is 5.11 Å². The molecule has 3 aliphatic rings. The first-order chi connectivity index (χ1) is 15.0. The molecule has 0 aromatic heterocycles. The number of carboxylic acid groups (broad SMARTS) is 1. The second kappa shape index (κ2) is 9.23. The van der Waals surface area contributed by atoms with Gasteiger partial charge in [0.2, 0.25) is 11.8 Å². The number of hydrogen-bond acceptors (Lipinski definition) is 6. The zero-order valence-electron chi connectivity index (χ0n) is 18.6. The Bertz CT molecular complexity index is 835. The van der Waals surface area contributed by atoms with Gasteiger partial charge in [0.15, 0.2) is 0 Å². The van der Waals surface area contributed by atoms with E-state index in [9.17, 15) is 24.3 Å². The van der Waals surface area contributed by atoms with Gasteiger partial charge in [-0.3, -0.25) is 14.5 Å². The van der Waals surface area contributed by atoms with Crippen molar-refractivity contribution in [2.24, 2.45) is 5.11 Å². The molecule has 4 atom stereocenters. The number of carbonyl (C=O) groups excluding carboxylic acids is 3. The minimum absolute atomic E-state index is 0.0452. The number of likely N-dealkylation sites (tertiary alicyclic amines) is 3. The first-order valence-corrected chi connectivity index (χ1v) is 10.9. The summed E-state index contributed by atoms with van der Waals surface area (Å²) >= 11 is 0. The largest absolute Gasteiger partial charge is 0.480 e. The van der Waals surface area contributed by atoms with Crippen LogP contribution in [-0.4, -0.2) is 93.1 Å². The number of nitrogens with zero attached hydrogens (tertiary/aromatic N) is 6. The fourth-order valence-corrected chi connectivity index (χ4v) is 4.68. The van der Waals surface area contributed by atoms with Crippen molar-refractivity contribution in [2.75, 3.05) is 19.6 Å². The number of rotatable bonds is 4. The highest BCUT2D eigenvalue weighted by molar-refractivity contribution is 5.94. The minimum Gasteiger partial charge on any atom is -0.480 e. The summed E-state index contributed by atoms with van der Waals surface area (Å²) in [6, 6.07) is -3.24. The number of ether oxygens (including phenoxy) is 1. The van der Waals surface area contributed by atoms with Gasteiger partial charge >= 0.3 is 12.1 Å². The molecule has 0 bridgehead atoms. The minimum atomic E-state index is -1.08. The van der Waals surface area contributed by atoms with Crippen molar-refractivity contribution in [3.63, 3.8) is 0 Å². The maximum atomic E-state index is 13.5. The predicted octanol–water partition coefficient (Wildman–Crippen LogP) is 1.74. The van der Waals surface area contributed by atoms with Crippen molar-refractivity contribution in [1.82, 2.24) is 14.7 Å². The summed E-state index contributed by atoms with van der Waals surface area (Å²) in [5, 5.41) is 13.1. The Balaban J connectivity index is 1.82. The van der Waals surface area contributed by atoms with Gasteiger partial charge in [0.05, 0.1) is 6.04 Å². The maximum absolute atomic E-state index is 13.5. The van der Waals surface area contributed by atoms with E-state index in [1.807, 2.05) is 0 Å². The van der Waals surface area contributed by atoms with Crippen LogP contribution in [0.1, 0.15) is 52.9 Å². The van der Waals surface area contributed by atoms with E-state index in [1.54, 1.807) is 20.8 Å². The van der Waals surface area contributed by atoms with E-state index in [0.717, 1.165) is 0 Å². The molecule has 0 radical (unpaired) electrons. The predicted molar refractivity (Wildman–Crippen MR) is 111 cm³/mol. The molecule has 0 unspecified atom stereocenters. The Morgan fingerprint density at radius 3 is 2.16 bits per heavy atom. The monoisotopic (exact) mass is 450 g/mol. The van der Waals surface area contributed by atoms with E-state index < -0.39 is 53.6 Å². The van der Waals surface area contributed by atoms with Crippen LogP contribution in [0.25, 0.3) is 10.4 Å². The second-order valence-corrected chi connectivity index (χ2v) is 9.46. The zero-order valence-corrected chi connectivity index (χ0v) is 18.6. The molecule has 0 saturated carbocycles. The number of hydrogen-bond donors (Lipinski definition) is 1. The average molecular weight is 450 g/mol. The fraction of sp³-hybridized carbons (Fsp3) is 0.800. The zero-order chi connectivity index (χ0) is 23.6. The molecule has 12 heteroatoms. The first kappa shape index (κ1) is 23.6. The molecular formula is C20H30N6O6. The lowest BCUT2D eigenvalue weighted by molar-refractivity contribution is -0.152. The maximum Gasteiger partial charge on any atom is 0.410 e.